The Morgan fingerprint density at radius 2 is 1.81 bits per heavy atom. The standard InChI is InChI=1S/C14H27N2/c1-3-5-6-7-8-9-11-16-13-10-12-15(4-2)14-16/h10,12-13H,3-9,11,14H2,1-2H3/q+1. The Morgan fingerprint density at radius 1 is 1.06 bits per heavy atom. The maximum Gasteiger partial charge on any atom is 0.218 e. The van der Waals surface area contributed by atoms with E-state index in [1.807, 2.05) is 0 Å². The quantitative estimate of drug-likeness (QED) is 0.452. The number of nitrogens with zero attached hydrogens (tertiary/aromatic N) is 2. The van der Waals surface area contributed by atoms with Crippen LogP contribution in [0.4, 0.5) is 0 Å². The van der Waals surface area contributed by atoms with Crippen LogP contribution in [0.1, 0.15) is 52.4 Å². The molecule has 1 aliphatic heterocycles. The molecule has 0 aliphatic carbocycles. The van der Waals surface area contributed by atoms with Crippen LogP contribution in [0.2, 0.25) is 0 Å². The Morgan fingerprint density at radius 3 is 2.56 bits per heavy atom. The molecule has 0 saturated heterocycles. The fraction of sp³-hybridized carbons (Fsp3) is 0.786. The lowest BCUT2D eigenvalue weighted by molar-refractivity contribution is -0.543. The number of unbranched alkanes of at least 4 members (excludes halogenated alkanes) is 5. The zero-order chi connectivity index (χ0) is 11.6. The molecule has 0 fully saturated rings. The van der Waals surface area contributed by atoms with E-state index < -0.39 is 0 Å². The molecule has 1 rings (SSSR count). The minimum absolute atomic E-state index is 1.07. The first-order valence-electron chi connectivity index (χ1n) is 6.86. The summed E-state index contributed by atoms with van der Waals surface area (Å²) in [6.07, 6.45) is 14.9. The third kappa shape index (κ3) is 5.34. The third-order valence-electron chi connectivity index (χ3n) is 3.16. The zero-order valence-electron chi connectivity index (χ0n) is 11.0. The van der Waals surface area contributed by atoms with Crippen molar-refractivity contribution >= 4 is 6.21 Å². The van der Waals surface area contributed by atoms with Crippen LogP contribution in [0.3, 0.4) is 0 Å². The maximum absolute atomic E-state index is 2.42. The Bertz CT molecular complexity index is 231. The molecule has 0 radical (unpaired) electrons. The summed E-state index contributed by atoms with van der Waals surface area (Å²) in [6, 6.07) is 0. The van der Waals surface area contributed by atoms with Gasteiger partial charge in [-0.15, -0.1) is 0 Å². The highest BCUT2D eigenvalue weighted by atomic mass is 15.2. The van der Waals surface area contributed by atoms with Gasteiger partial charge in [0.15, 0.2) is 6.21 Å². The number of hydrogen-bond acceptors (Lipinski definition) is 1. The Labute approximate surface area is 101 Å². The summed E-state index contributed by atoms with van der Waals surface area (Å²) >= 11 is 0. The van der Waals surface area contributed by atoms with Crippen molar-refractivity contribution in [2.24, 2.45) is 0 Å². The molecule has 0 aromatic heterocycles. The summed E-state index contributed by atoms with van der Waals surface area (Å²) in [5, 5.41) is 0. The molecule has 1 aliphatic rings. The fourth-order valence-electron chi connectivity index (χ4n) is 2.06. The van der Waals surface area contributed by atoms with Gasteiger partial charge in [0.05, 0.1) is 0 Å². The molecule has 16 heavy (non-hydrogen) atoms. The van der Waals surface area contributed by atoms with E-state index in [9.17, 15) is 0 Å². The van der Waals surface area contributed by atoms with Gasteiger partial charge in [-0.05, 0) is 13.3 Å². The van der Waals surface area contributed by atoms with E-state index >= 15 is 0 Å². The molecule has 0 amide bonds. The monoisotopic (exact) mass is 223 g/mol. The van der Waals surface area contributed by atoms with Gasteiger partial charge in [-0.2, -0.15) is 0 Å². The van der Waals surface area contributed by atoms with Gasteiger partial charge in [-0.25, -0.2) is 4.58 Å². The molecule has 0 spiro atoms. The summed E-state index contributed by atoms with van der Waals surface area (Å²) in [5.41, 5.74) is 0. The minimum atomic E-state index is 1.07. The highest BCUT2D eigenvalue weighted by molar-refractivity contribution is 5.66. The fourth-order valence-corrected chi connectivity index (χ4v) is 2.06. The minimum Gasteiger partial charge on any atom is -0.324 e. The van der Waals surface area contributed by atoms with Gasteiger partial charge < -0.3 is 4.90 Å². The predicted molar refractivity (Wildman–Crippen MR) is 71.0 cm³/mol. The smallest absolute Gasteiger partial charge is 0.218 e. The molecule has 0 aromatic carbocycles. The van der Waals surface area contributed by atoms with Crippen molar-refractivity contribution in [2.75, 3.05) is 19.8 Å². The van der Waals surface area contributed by atoms with E-state index in [-0.39, 0.29) is 0 Å². The highest BCUT2D eigenvalue weighted by Crippen LogP contribution is 2.05. The van der Waals surface area contributed by atoms with Gasteiger partial charge >= 0.3 is 0 Å². The molecule has 0 atom stereocenters. The number of hydrogen-bond donors (Lipinski definition) is 0. The van der Waals surface area contributed by atoms with Crippen molar-refractivity contribution in [3.63, 3.8) is 0 Å². The lowest BCUT2D eigenvalue weighted by atomic mass is 10.1. The first-order chi connectivity index (χ1) is 7.86. The van der Waals surface area contributed by atoms with Crippen molar-refractivity contribution in [3.8, 4) is 0 Å². The van der Waals surface area contributed by atoms with E-state index in [2.05, 4.69) is 41.8 Å². The normalized spacial score (nSPS) is 15.4. The second kappa shape index (κ2) is 8.37. The third-order valence-corrected chi connectivity index (χ3v) is 3.16. The molecule has 0 aromatic rings. The van der Waals surface area contributed by atoms with Crippen LogP contribution in [0.25, 0.3) is 0 Å². The first kappa shape index (κ1) is 13.3. The first-order valence-corrected chi connectivity index (χ1v) is 6.86. The topological polar surface area (TPSA) is 6.25 Å². The van der Waals surface area contributed by atoms with Gasteiger partial charge in [0, 0.05) is 25.2 Å². The highest BCUT2D eigenvalue weighted by Gasteiger charge is 2.09. The molecule has 0 saturated carbocycles. The summed E-state index contributed by atoms with van der Waals surface area (Å²) in [6.45, 7) is 7.87. The second-order valence-corrected chi connectivity index (χ2v) is 4.62. The molecule has 0 unspecified atom stereocenters. The summed E-state index contributed by atoms with van der Waals surface area (Å²) in [7, 11) is 0. The van der Waals surface area contributed by atoms with Gasteiger partial charge in [0.1, 0.15) is 6.54 Å². The molecular weight excluding hydrogens is 196 g/mol. The maximum atomic E-state index is 2.42. The molecule has 1 heterocycles. The van der Waals surface area contributed by atoms with Crippen LogP contribution < -0.4 is 0 Å². The van der Waals surface area contributed by atoms with Crippen molar-refractivity contribution in [3.05, 3.63) is 12.3 Å². The molecule has 92 valence electrons. The molecule has 0 bridgehead atoms. The Kier molecular flexibility index (Phi) is 6.95. The number of rotatable bonds is 8. The lowest BCUT2D eigenvalue weighted by Crippen LogP contribution is -2.32. The van der Waals surface area contributed by atoms with Gasteiger partial charge in [-0.3, -0.25) is 0 Å². The Balaban J connectivity index is 2.05. The average Bonchev–Trinajstić information content (AvgIpc) is 2.34. The van der Waals surface area contributed by atoms with Crippen molar-refractivity contribution in [2.45, 2.75) is 52.4 Å². The van der Waals surface area contributed by atoms with Crippen LogP contribution in [0.15, 0.2) is 12.3 Å². The summed E-state index contributed by atoms with van der Waals surface area (Å²) < 4.78 is 2.42. The van der Waals surface area contributed by atoms with Crippen molar-refractivity contribution in [1.29, 1.82) is 0 Å². The largest absolute Gasteiger partial charge is 0.324 e. The van der Waals surface area contributed by atoms with E-state index in [1.54, 1.807) is 0 Å². The van der Waals surface area contributed by atoms with Crippen LogP contribution in [-0.4, -0.2) is 35.4 Å². The summed E-state index contributed by atoms with van der Waals surface area (Å²) in [5.74, 6) is 0. The van der Waals surface area contributed by atoms with E-state index in [0.29, 0.717) is 0 Å². The zero-order valence-corrected chi connectivity index (χ0v) is 11.0. The van der Waals surface area contributed by atoms with Crippen molar-refractivity contribution in [1.82, 2.24) is 4.90 Å². The van der Waals surface area contributed by atoms with E-state index in [4.69, 9.17) is 0 Å². The van der Waals surface area contributed by atoms with Gasteiger partial charge in [0.25, 0.3) is 0 Å². The lowest BCUT2D eigenvalue weighted by Gasteiger charge is -2.18. The van der Waals surface area contributed by atoms with Crippen LogP contribution in [0.5, 0.6) is 0 Å². The molecule has 2 heteroatoms. The molecular formula is C14H27N2+. The Hall–Kier alpha value is -0.790. The van der Waals surface area contributed by atoms with Crippen molar-refractivity contribution < 1.29 is 4.58 Å². The SMILES string of the molecule is CCCCCCCC[N+]1=CC=CN(CC)C1. The number of allylic oxidation sites excluding steroid dienone is 1. The molecule has 0 N–H and O–H groups in total. The predicted octanol–water partition coefficient (Wildman–Crippen LogP) is 3.24. The van der Waals surface area contributed by atoms with Crippen LogP contribution in [0, 0.1) is 0 Å². The van der Waals surface area contributed by atoms with Gasteiger partial charge in [-0.1, -0.05) is 32.6 Å². The average molecular weight is 223 g/mol. The van der Waals surface area contributed by atoms with Crippen LogP contribution >= 0.6 is 0 Å². The molecule has 2 nitrogen and oxygen atoms in total. The van der Waals surface area contributed by atoms with E-state index in [0.717, 1.165) is 13.2 Å². The second-order valence-electron chi connectivity index (χ2n) is 4.62. The summed E-state index contributed by atoms with van der Waals surface area (Å²) in [4.78, 5) is 2.34. The van der Waals surface area contributed by atoms with Gasteiger partial charge in [0.2, 0.25) is 6.67 Å². The van der Waals surface area contributed by atoms with E-state index in [1.165, 1.54) is 45.1 Å². The van der Waals surface area contributed by atoms with Crippen LogP contribution in [-0.2, 0) is 0 Å².